The number of hydrogen-bond acceptors (Lipinski definition) is 6. The number of aryl methyl sites for hydroxylation is 1. The number of H-pyrrole nitrogens is 1. The third-order valence-corrected chi connectivity index (χ3v) is 4.75. The number of aliphatic hydroxyl groups excluding tert-OH is 1. The van der Waals surface area contributed by atoms with Gasteiger partial charge in [0.25, 0.3) is 5.56 Å². The van der Waals surface area contributed by atoms with Gasteiger partial charge in [-0.05, 0) is 38.3 Å². The van der Waals surface area contributed by atoms with E-state index in [9.17, 15) is 14.7 Å². The van der Waals surface area contributed by atoms with Gasteiger partial charge < -0.3 is 20.7 Å². The fourth-order valence-corrected chi connectivity index (χ4v) is 3.18. The van der Waals surface area contributed by atoms with Gasteiger partial charge in [-0.3, -0.25) is 13.9 Å². The van der Waals surface area contributed by atoms with E-state index >= 15 is 0 Å². The van der Waals surface area contributed by atoms with E-state index < -0.39 is 0 Å². The molecule has 4 N–H and O–H groups in total. The van der Waals surface area contributed by atoms with Crippen LogP contribution in [0.3, 0.4) is 0 Å². The summed E-state index contributed by atoms with van der Waals surface area (Å²) in [5, 5.41) is 15.8. The lowest BCUT2D eigenvalue weighted by atomic mass is 10.2. The van der Waals surface area contributed by atoms with E-state index in [0.717, 1.165) is 12.1 Å². The van der Waals surface area contributed by atoms with Gasteiger partial charge in [-0.15, -0.1) is 0 Å². The van der Waals surface area contributed by atoms with Crippen LogP contribution in [-0.2, 0) is 13.6 Å². The molecule has 9 heteroatoms. The Labute approximate surface area is 168 Å². The van der Waals surface area contributed by atoms with Crippen LogP contribution in [0.15, 0.2) is 39.9 Å². The van der Waals surface area contributed by atoms with Gasteiger partial charge in [0.2, 0.25) is 5.95 Å². The van der Waals surface area contributed by atoms with Crippen molar-refractivity contribution >= 4 is 22.8 Å². The molecule has 0 bridgehead atoms. The largest absolute Gasteiger partial charge is 0.393 e. The van der Waals surface area contributed by atoms with Crippen LogP contribution in [0.4, 0.5) is 11.6 Å². The summed E-state index contributed by atoms with van der Waals surface area (Å²) in [5.41, 5.74) is 0.908. The average Bonchev–Trinajstić information content (AvgIpc) is 3.14. The second-order valence-corrected chi connectivity index (χ2v) is 7.15. The minimum absolute atomic E-state index is 0.307. The first kappa shape index (κ1) is 20.7. The SMILES string of the molecule is CC(O)CCCCn1c(=O)c2[nH]c(NCCNc3ccccc3)nc2n(C)c1=O. The number of anilines is 2. The Hall–Kier alpha value is -3.07. The van der Waals surface area contributed by atoms with E-state index in [1.54, 1.807) is 14.0 Å². The van der Waals surface area contributed by atoms with E-state index in [4.69, 9.17) is 0 Å². The number of unbranched alkanes of at least 4 members (excludes halogenated alkanes) is 1. The lowest BCUT2D eigenvalue weighted by molar-refractivity contribution is 0.180. The van der Waals surface area contributed by atoms with Gasteiger partial charge in [-0.2, -0.15) is 4.98 Å². The van der Waals surface area contributed by atoms with Crippen molar-refractivity contribution in [2.24, 2.45) is 7.05 Å². The molecule has 0 fully saturated rings. The maximum atomic E-state index is 12.7. The molecule has 0 saturated heterocycles. The lowest BCUT2D eigenvalue weighted by Crippen LogP contribution is -2.39. The van der Waals surface area contributed by atoms with E-state index in [-0.39, 0.29) is 17.4 Å². The zero-order valence-corrected chi connectivity index (χ0v) is 16.8. The molecule has 156 valence electrons. The van der Waals surface area contributed by atoms with Gasteiger partial charge >= 0.3 is 5.69 Å². The zero-order valence-electron chi connectivity index (χ0n) is 16.8. The number of rotatable bonds is 10. The van der Waals surface area contributed by atoms with Crippen LogP contribution in [0.25, 0.3) is 11.2 Å². The Morgan fingerprint density at radius 3 is 2.59 bits per heavy atom. The van der Waals surface area contributed by atoms with E-state index in [0.29, 0.717) is 49.6 Å². The number of fused-ring (bicyclic) bond motifs is 1. The number of nitrogens with one attached hydrogen (secondary N) is 3. The molecule has 2 heterocycles. The Bertz CT molecular complexity index is 1050. The molecule has 0 aliphatic rings. The predicted octanol–water partition coefficient (Wildman–Crippen LogP) is 1.50. The fraction of sp³-hybridized carbons (Fsp3) is 0.450. The van der Waals surface area contributed by atoms with Crippen molar-refractivity contribution in [2.75, 3.05) is 23.7 Å². The minimum Gasteiger partial charge on any atom is -0.393 e. The van der Waals surface area contributed by atoms with Gasteiger partial charge in [0.15, 0.2) is 11.2 Å². The number of hydrogen-bond donors (Lipinski definition) is 4. The summed E-state index contributed by atoms with van der Waals surface area (Å²) in [6, 6.07) is 9.86. The Morgan fingerprint density at radius 2 is 1.86 bits per heavy atom. The predicted molar refractivity (Wildman–Crippen MR) is 115 cm³/mol. The topological polar surface area (TPSA) is 117 Å². The molecule has 2 aromatic heterocycles. The first-order valence-electron chi connectivity index (χ1n) is 9.87. The number of para-hydroxylation sites is 1. The highest BCUT2D eigenvalue weighted by Gasteiger charge is 2.15. The molecule has 0 saturated carbocycles. The van der Waals surface area contributed by atoms with Crippen molar-refractivity contribution in [3.05, 3.63) is 51.2 Å². The maximum Gasteiger partial charge on any atom is 0.332 e. The smallest absolute Gasteiger partial charge is 0.332 e. The molecule has 29 heavy (non-hydrogen) atoms. The van der Waals surface area contributed by atoms with Crippen LogP contribution in [0.1, 0.15) is 26.2 Å². The summed E-state index contributed by atoms with van der Waals surface area (Å²) in [4.78, 5) is 32.7. The Kier molecular flexibility index (Phi) is 6.71. The number of nitrogens with zero attached hydrogens (tertiary/aromatic N) is 3. The zero-order chi connectivity index (χ0) is 20.8. The second kappa shape index (κ2) is 9.42. The molecule has 9 nitrogen and oxygen atoms in total. The molecule has 0 amide bonds. The quantitative estimate of drug-likeness (QED) is 0.383. The molecular weight excluding hydrogens is 372 g/mol. The first-order chi connectivity index (χ1) is 14.0. The molecule has 1 unspecified atom stereocenters. The molecular formula is C20H28N6O3. The van der Waals surface area contributed by atoms with Crippen LogP contribution < -0.4 is 21.9 Å². The summed E-state index contributed by atoms with van der Waals surface area (Å²) in [6.45, 7) is 3.31. The molecule has 1 atom stereocenters. The van der Waals surface area contributed by atoms with Gasteiger partial charge in [-0.25, -0.2) is 4.79 Å². The van der Waals surface area contributed by atoms with E-state index in [1.165, 1.54) is 9.13 Å². The third-order valence-electron chi connectivity index (χ3n) is 4.75. The summed E-state index contributed by atoms with van der Waals surface area (Å²) >= 11 is 0. The van der Waals surface area contributed by atoms with Crippen LogP contribution in [0.2, 0.25) is 0 Å². The summed E-state index contributed by atoms with van der Waals surface area (Å²) < 4.78 is 2.61. The van der Waals surface area contributed by atoms with E-state index in [1.807, 2.05) is 30.3 Å². The molecule has 3 aromatic rings. The summed E-state index contributed by atoms with van der Waals surface area (Å²) in [7, 11) is 1.61. The van der Waals surface area contributed by atoms with Crippen LogP contribution in [0.5, 0.6) is 0 Å². The van der Waals surface area contributed by atoms with Gasteiger partial charge in [-0.1, -0.05) is 18.2 Å². The highest BCUT2D eigenvalue weighted by Crippen LogP contribution is 2.09. The maximum absolute atomic E-state index is 12.7. The second-order valence-electron chi connectivity index (χ2n) is 7.15. The fourth-order valence-electron chi connectivity index (χ4n) is 3.18. The van der Waals surface area contributed by atoms with Crippen LogP contribution in [-0.4, -0.2) is 43.4 Å². The summed E-state index contributed by atoms with van der Waals surface area (Å²) in [6.07, 6.45) is 1.66. The van der Waals surface area contributed by atoms with Crippen molar-refractivity contribution in [1.29, 1.82) is 0 Å². The highest BCUT2D eigenvalue weighted by atomic mass is 16.3. The average molecular weight is 400 g/mol. The molecule has 1 aromatic carbocycles. The van der Waals surface area contributed by atoms with Crippen molar-refractivity contribution in [2.45, 2.75) is 38.8 Å². The Morgan fingerprint density at radius 1 is 1.14 bits per heavy atom. The Balaban J connectivity index is 1.68. The van der Waals surface area contributed by atoms with Gasteiger partial charge in [0, 0.05) is 32.4 Å². The minimum atomic E-state index is -0.386. The van der Waals surface area contributed by atoms with Crippen LogP contribution >= 0.6 is 0 Å². The lowest BCUT2D eigenvalue weighted by Gasteiger charge is -2.08. The first-order valence-corrected chi connectivity index (χ1v) is 9.87. The number of aromatic amines is 1. The van der Waals surface area contributed by atoms with Crippen molar-refractivity contribution in [3.63, 3.8) is 0 Å². The number of benzene rings is 1. The van der Waals surface area contributed by atoms with Crippen LogP contribution in [0, 0.1) is 0 Å². The number of imidazole rings is 1. The monoisotopic (exact) mass is 400 g/mol. The summed E-state index contributed by atoms with van der Waals surface area (Å²) in [5.74, 6) is 0.453. The van der Waals surface area contributed by atoms with Gasteiger partial charge in [0.05, 0.1) is 6.10 Å². The van der Waals surface area contributed by atoms with E-state index in [2.05, 4.69) is 20.6 Å². The molecule has 0 spiro atoms. The molecule has 3 rings (SSSR count). The third kappa shape index (κ3) is 5.05. The molecule has 0 aliphatic heterocycles. The van der Waals surface area contributed by atoms with Crippen molar-refractivity contribution < 1.29 is 5.11 Å². The normalized spacial score (nSPS) is 12.2. The standard InChI is InChI=1S/C20H28N6O3/c1-14(27)8-6-7-13-26-18(28)16-17(25(2)20(26)29)24-19(23-16)22-12-11-21-15-9-4-3-5-10-15/h3-5,9-10,14,21,27H,6-8,11-13H2,1-2H3,(H2,22,23,24). The highest BCUT2D eigenvalue weighted by molar-refractivity contribution is 5.72. The van der Waals surface area contributed by atoms with Crippen molar-refractivity contribution in [1.82, 2.24) is 19.1 Å². The van der Waals surface area contributed by atoms with Crippen molar-refractivity contribution in [3.8, 4) is 0 Å². The number of aromatic nitrogens is 4. The number of aliphatic hydroxyl groups is 1. The van der Waals surface area contributed by atoms with Gasteiger partial charge in [0.1, 0.15) is 0 Å². The molecule has 0 radical (unpaired) electrons. The molecule has 0 aliphatic carbocycles.